The maximum atomic E-state index is 11.2. The van der Waals surface area contributed by atoms with E-state index in [0.29, 0.717) is 19.5 Å². The number of hydrogen-bond donors (Lipinski definition) is 2. The van der Waals surface area contributed by atoms with Crippen molar-refractivity contribution in [2.75, 3.05) is 13.1 Å². The van der Waals surface area contributed by atoms with E-state index in [1.54, 1.807) is 12.4 Å². The fourth-order valence-electron chi connectivity index (χ4n) is 2.51. The molecule has 1 aliphatic rings. The minimum Gasteiger partial charge on any atom is -0.481 e. The molecule has 2 rings (SSSR count). The molecule has 2 heterocycles. The van der Waals surface area contributed by atoms with Gasteiger partial charge in [-0.1, -0.05) is 0 Å². The molecule has 0 amide bonds. The molecule has 0 bridgehead atoms. The number of likely N-dealkylation sites (tertiary alicyclic amines) is 1. The molecule has 1 fully saturated rings. The van der Waals surface area contributed by atoms with Gasteiger partial charge in [-0.25, -0.2) is 0 Å². The highest BCUT2D eigenvalue weighted by molar-refractivity contribution is 9.10. The monoisotopic (exact) mass is 342 g/mol. The van der Waals surface area contributed by atoms with Crippen LogP contribution in [0.2, 0.25) is 0 Å². The Morgan fingerprint density at radius 3 is 2.60 bits per heavy atom. The smallest absolute Gasteiger partial charge is 0.308 e. The average Bonchev–Trinajstić information content (AvgIpc) is 2.38. The minimum atomic E-state index is -1.05. The zero-order valence-electron chi connectivity index (χ0n) is 10.7. The summed E-state index contributed by atoms with van der Waals surface area (Å²) in [5.74, 6) is -3.73. The highest BCUT2D eigenvalue weighted by atomic mass is 79.9. The van der Waals surface area contributed by atoms with Crippen LogP contribution in [0.25, 0.3) is 0 Å². The second-order valence-electron chi connectivity index (χ2n) is 4.92. The number of piperidine rings is 1. The van der Waals surface area contributed by atoms with Gasteiger partial charge in [0.05, 0.1) is 11.8 Å². The summed E-state index contributed by atoms with van der Waals surface area (Å²) in [5, 5.41) is 18.2. The molecule has 7 heteroatoms. The van der Waals surface area contributed by atoms with E-state index in [2.05, 4.69) is 20.9 Å². The van der Waals surface area contributed by atoms with Crippen molar-refractivity contribution < 1.29 is 19.8 Å². The van der Waals surface area contributed by atoms with E-state index in [1.165, 1.54) is 0 Å². The zero-order valence-corrected chi connectivity index (χ0v) is 12.3. The van der Waals surface area contributed by atoms with Crippen molar-refractivity contribution in [3.8, 4) is 0 Å². The lowest BCUT2D eigenvalue weighted by Gasteiger charge is -2.34. The number of carboxylic acid groups (broad SMARTS) is 2. The SMILES string of the molecule is O=C(O)C1CCN(Cc2cncc(Br)c2)CC1C(=O)O. The van der Waals surface area contributed by atoms with Gasteiger partial charge in [0, 0.05) is 30.0 Å². The van der Waals surface area contributed by atoms with Gasteiger partial charge in [0.15, 0.2) is 0 Å². The third-order valence-electron chi connectivity index (χ3n) is 3.50. The summed E-state index contributed by atoms with van der Waals surface area (Å²) >= 11 is 3.34. The Morgan fingerprint density at radius 2 is 2.00 bits per heavy atom. The third kappa shape index (κ3) is 3.55. The molecule has 0 aliphatic carbocycles. The minimum absolute atomic E-state index is 0.249. The molecule has 1 aromatic heterocycles. The molecule has 0 radical (unpaired) electrons. The Morgan fingerprint density at radius 1 is 1.30 bits per heavy atom. The van der Waals surface area contributed by atoms with Crippen molar-refractivity contribution in [1.82, 2.24) is 9.88 Å². The first-order chi connectivity index (χ1) is 9.47. The highest BCUT2D eigenvalue weighted by Gasteiger charge is 2.38. The number of carbonyl (C=O) groups is 2. The topological polar surface area (TPSA) is 90.7 Å². The number of carboxylic acids is 2. The first kappa shape index (κ1) is 14.9. The van der Waals surface area contributed by atoms with Crippen molar-refractivity contribution >= 4 is 27.9 Å². The van der Waals surface area contributed by atoms with Gasteiger partial charge in [0.2, 0.25) is 0 Å². The van der Waals surface area contributed by atoms with Crippen molar-refractivity contribution in [1.29, 1.82) is 0 Å². The lowest BCUT2D eigenvalue weighted by Crippen LogP contribution is -2.46. The molecule has 2 unspecified atom stereocenters. The summed E-state index contributed by atoms with van der Waals surface area (Å²) in [6, 6.07) is 1.92. The largest absolute Gasteiger partial charge is 0.481 e. The zero-order chi connectivity index (χ0) is 14.7. The van der Waals surface area contributed by atoms with Crippen molar-refractivity contribution in [2.45, 2.75) is 13.0 Å². The molecule has 108 valence electrons. The molecule has 1 saturated heterocycles. The normalized spacial score (nSPS) is 23.4. The highest BCUT2D eigenvalue weighted by Crippen LogP contribution is 2.25. The van der Waals surface area contributed by atoms with E-state index < -0.39 is 23.8 Å². The summed E-state index contributed by atoms with van der Waals surface area (Å²) in [4.78, 5) is 28.3. The second-order valence-corrected chi connectivity index (χ2v) is 5.84. The predicted molar refractivity (Wildman–Crippen MR) is 74.1 cm³/mol. The number of rotatable bonds is 4. The Hall–Kier alpha value is -1.47. The van der Waals surface area contributed by atoms with Gasteiger partial charge in [-0.05, 0) is 40.5 Å². The Kier molecular flexibility index (Phi) is 4.72. The average molecular weight is 343 g/mol. The van der Waals surface area contributed by atoms with Gasteiger partial charge in [0.25, 0.3) is 0 Å². The second kappa shape index (κ2) is 6.32. The lowest BCUT2D eigenvalue weighted by molar-refractivity contribution is -0.157. The number of aromatic nitrogens is 1. The van der Waals surface area contributed by atoms with E-state index in [0.717, 1.165) is 10.0 Å². The number of halogens is 1. The molecule has 2 N–H and O–H groups in total. The van der Waals surface area contributed by atoms with Crippen molar-refractivity contribution in [3.05, 3.63) is 28.5 Å². The third-order valence-corrected chi connectivity index (χ3v) is 3.93. The number of hydrogen-bond acceptors (Lipinski definition) is 4. The molecule has 1 aliphatic heterocycles. The fourth-order valence-corrected chi connectivity index (χ4v) is 2.92. The first-order valence-corrected chi connectivity index (χ1v) is 7.04. The molecule has 2 atom stereocenters. The van der Waals surface area contributed by atoms with Crippen LogP contribution in [0.5, 0.6) is 0 Å². The van der Waals surface area contributed by atoms with Gasteiger partial charge in [-0.2, -0.15) is 0 Å². The van der Waals surface area contributed by atoms with E-state index >= 15 is 0 Å². The summed E-state index contributed by atoms with van der Waals surface area (Å²) in [7, 11) is 0. The van der Waals surface area contributed by atoms with E-state index in [-0.39, 0.29) is 6.54 Å². The van der Waals surface area contributed by atoms with Crippen LogP contribution in [0.1, 0.15) is 12.0 Å². The quantitative estimate of drug-likeness (QED) is 0.860. The van der Waals surface area contributed by atoms with Gasteiger partial charge < -0.3 is 10.2 Å². The first-order valence-electron chi connectivity index (χ1n) is 6.24. The summed E-state index contributed by atoms with van der Waals surface area (Å²) in [6.45, 7) is 1.40. The number of pyridine rings is 1. The van der Waals surface area contributed by atoms with Crippen LogP contribution in [0.15, 0.2) is 22.9 Å². The summed E-state index contributed by atoms with van der Waals surface area (Å²) < 4.78 is 0.866. The summed E-state index contributed by atoms with van der Waals surface area (Å²) in [6.07, 6.45) is 3.76. The van der Waals surface area contributed by atoms with Crippen LogP contribution in [-0.4, -0.2) is 45.1 Å². The molecule has 1 aromatic rings. The number of nitrogens with zero attached hydrogens (tertiary/aromatic N) is 2. The van der Waals surface area contributed by atoms with E-state index in [1.807, 2.05) is 11.0 Å². The van der Waals surface area contributed by atoms with E-state index in [4.69, 9.17) is 5.11 Å². The van der Waals surface area contributed by atoms with Gasteiger partial charge >= 0.3 is 11.9 Å². The van der Waals surface area contributed by atoms with Crippen LogP contribution in [-0.2, 0) is 16.1 Å². The van der Waals surface area contributed by atoms with Crippen LogP contribution < -0.4 is 0 Å². The van der Waals surface area contributed by atoms with Crippen LogP contribution in [0, 0.1) is 11.8 Å². The Labute approximate surface area is 124 Å². The lowest BCUT2D eigenvalue weighted by atomic mass is 9.85. The van der Waals surface area contributed by atoms with Gasteiger partial charge in [-0.3, -0.25) is 19.5 Å². The van der Waals surface area contributed by atoms with Gasteiger partial charge in [-0.15, -0.1) is 0 Å². The maximum absolute atomic E-state index is 11.2. The van der Waals surface area contributed by atoms with Crippen LogP contribution in [0.4, 0.5) is 0 Å². The van der Waals surface area contributed by atoms with Crippen LogP contribution in [0.3, 0.4) is 0 Å². The molecular weight excluding hydrogens is 328 g/mol. The molecule has 0 aromatic carbocycles. The predicted octanol–water partition coefficient (Wildman–Crippen LogP) is 1.45. The Bertz CT molecular complexity index is 523. The molecular formula is C13H15BrN2O4. The molecule has 20 heavy (non-hydrogen) atoms. The number of aliphatic carboxylic acids is 2. The fraction of sp³-hybridized carbons (Fsp3) is 0.462. The standard InChI is InChI=1S/C13H15BrN2O4/c14-9-3-8(4-15-5-9)6-16-2-1-10(12(17)18)11(7-16)13(19)20/h3-5,10-11H,1-2,6-7H2,(H,17,18)(H,19,20). The Balaban J connectivity index is 2.05. The van der Waals surface area contributed by atoms with Gasteiger partial charge in [0.1, 0.15) is 0 Å². The summed E-state index contributed by atoms with van der Waals surface area (Å²) in [5.41, 5.74) is 0.970. The van der Waals surface area contributed by atoms with Crippen molar-refractivity contribution in [3.63, 3.8) is 0 Å². The van der Waals surface area contributed by atoms with Crippen molar-refractivity contribution in [2.24, 2.45) is 11.8 Å². The van der Waals surface area contributed by atoms with Crippen LogP contribution >= 0.6 is 15.9 Å². The maximum Gasteiger partial charge on any atom is 0.308 e. The molecule has 0 spiro atoms. The molecule has 6 nitrogen and oxygen atoms in total. The molecule has 0 saturated carbocycles. The van der Waals surface area contributed by atoms with E-state index in [9.17, 15) is 14.7 Å².